The molecule has 1 saturated heterocycles. The van der Waals surface area contributed by atoms with E-state index in [1.807, 2.05) is 13.0 Å². The maximum absolute atomic E-state index is 12.0. The minimum absolute atomic E-state index is 0.0408. The summed E-state index contributed by atoms with van der Waals surface area (Å²) in [7, 11) is -3.24. The molecule has 0 bridgehead atoms. The number of amides is 1. The van der Waals surface area contributed by atoms with Crippen molar-refractivity contribution in [3.05, 3.63) is 24.3 Å². The van der Waals surface area contributed by atoms with Crippen molar-refractivity contribution in [1.29, 1.82) is 0 Å². The molecular weight excluding hydrogens is 284 g/mol. The quantitative estimate of drug-likeness (QED) is 0.577. The van der Waals surface area contributed by atoms with E-state index in [0.29, 0.717) is 13.1 Å². The number of carbonyl (C=O) groups is 1. The number of rotatable bonds is 6. The maximum Gasteiger partial charge on any atom is 0.244 e. The molecule has 7 heteroatoms. The van der Waals surface area contributed by atoms with Crippen molar-refractivity contribution >= 4 is 27.7 Å². The third-order valence-corrected chi connectivity index (χ3v) is 5.39. The molecule has 0 aliphatic carbocycles. The van der Waals surface area contributed by atoms with Crippen LogP contribution in [0.5, 0.6) is 0 Å². The molecule has 0 atom stereocenters. The van der Waals surface area contributed by atoms with E-state index in [0.717, 1.165) is 11.5 Å². The van der Waals surface area contributed by atoms with Gasteiger partial charge < -0.3 is 5.32 Å². The molecule has 1 fully saturated rings. The molecule has 0 aromatic carbocycles. The number of carbonyl (C=O) groups excluding carboxylic acids is 1. The van der Waals surface area contributed by atoms with Gasteiger partial charge in [0.2, 0.25) is 15.9 Å². The smallest absolute Gasteiger partial charge is 0.244 e. The topological polar surface area (TPSA) is 66.5 Å². The summed E-state index contributed by atoms with van der Waals surface area (Å²) in [5.41, 5.74) is 0. The Morgan fingerprint density at radius 3 is 2.63 bits per heavy atom. The first-order valence-electron chi connectivity index (χ1n) is 6.19. The van der Waals surface area contributed by atoms with E-state index < -0.39 is 10.0 Å². The van der Waals surface area contributed by atoms with Crippen LogP contribution in [0.1, 0.15) is 6.92 Å². The van der Waals surface area contributed by atoms with Crippen molar-refractivity contribution in [2.75, 3.05) is 36.9 Å². The van der Waals surface area contributed by atoms with E-state index in [1.165, 1.54) is 10.4 Å². The molecule has 108 valence electrons. The summed E-state index contributed by atoms with van der Waals surface area (Å²) >= 11 is 1.76. The molecule has 0 unspecified atom stereocenters. The van der Waals surface area contributed by atoms with Gasteiger partial charge >= 0.3 is 0 Å². The minimum Gasteiger partial charge on any atom is -0.351 e. The lowest BCUT2D eigenvalue weighted by Gasteiger charge is -2.25. The summed E-state index contributed by atoms with van der Waals surface area (Å²) in [5.74, 6) is 1.37. The SMILES string of the molecule is CC=CC=CC(=O)NCCS(=O)(=O)N1CCSCC1. The van der Waals surface area contributed by atoms with Gasteiger partial charge in [-0.3, -0.25) is 4.79 Å². The molecular formula is C12H20N2O3S2. The van der Waals surface area contributed by atoms with Gasteiger partial charge in [-0.2, -0.15) is 11.8 Å². The first-order chi connectivity index (χ1) is 9.06. The Kier molecular flexibility index (Phi) is 7.19. The predicted octanol–water partition coefficient (Wildman–Crippen LogP) is 0.614. The van der Waals surface area contributed by atoms with Gasteiger partial charge in [-0.05, 0) is 6.92 Å². The number of nitrogens with zero attached hydrogens (tertiary/aromatic N) is 1. The van der Waals surface area contributed by atoms with Crippen LogP contribution in [0, 0.1) is 0 Å². The second-order valence-corrected chi connectivity index (χ2v) is 7.32. The zero-order chi connectivity index (χ0) is 14.1. The Morgan fingerprint density at radius 1 is 1.32 bits per heavy atom. The van der Waals surface area contributed by atoms with E-state index in [9.17, 15) is 13.2 Å². The Labute approximate surface area is 119 Å². The maximum atomic E-state index is 12.0. The van der Waals surface area contributed by atoms with Crippen molar-refractivity contribution in [2.45, 2.75) is 6.92 Å². The van der Waals surface area contributed by atoms with Crippen LogP contribution in [0.2, 0.25) is 0 Å². The molecule has 1 rings (SSSR count). The van der Waals surface area contributed by atoms with Crippen molar-refractivity contribution in [3.63, 3.8) is 0 Å². The van der Waals surface area contributed by atoms with E-state index in [2.05, 4.69) is 5.32 Å². The van der Waals surface area contributed by atoms with Gasteiger partial charge in [0, 0.05) is 37.2 Å². The molecule has 19 heavy (non-hydrogen) atoms. The number of allylic oxidation sites excluding steroid dienone is 3. The third-order valence-electron chi connectivity index (χ3n) is 2.57. The van der Waals surface area contributed by atoms with Crippen LogP contribution >= 0.6 is 11.8 Å². The summed E-state index contributed by atoms with van der Waals surface area (Å²) < 4.78 is 25.4. The first-order valence-corrected chi connectivity index (χ1v) is 8.95. The lowest BCUT2D eigenvalue weighted by atomic mass is 10.4. The van der Waals surface area contributed by atoms with Gasteiger partial charge in [0.15, 0.2) is 0 Å². The number of hydrogen-bond acceptors (Lipinski definition) is 4. The molecule has 0 aromatic rings. The highest BCUT2D eigenvalue weighted by molar-refractivity contribution is 7.99. The molecule has 1 aliphatic rings. The summed E-state index contributed by atoms with van der Waals surface area (Å²) in [6.07, 6.45) is 6.54. The van der Waals surface area contributed by atoms with Gasteiger partial charge in [0.25, 0.3) is 0 Å². The second-order valence-electron chi connectivity index (χ2n) is 4.00. The Bertz CT molecular complexity index is 438. The van der Waals surface area contributed by atoms with Crippen LogP contribution in [0.3, 0.4) is 0 Å². The normalized spacial score (nSPS) is 18.2. The zero-order valence-corrected chi connectivity index (χ0v) is 12.7. The van der Waals surface area contributed by atoms with Crippen LogP contribution in [0.4, 0.5) is 0 Å². The molecule has 0 aromatic heterocycles. The van der Waals surface area contributed by atoms with E-state index >= 15 is 0 Å². The first kappa shape index (κ1) is 16.3. The molecule has 0 radical (unpaired) electrons. The van der Waals surface area contributed by atoms with Crippen LogP contribution in [-0.4, -0.2) is 55.5 Å². The molecule has 1 aliphatic heterocycles. The molecule has 1 N–H and O–H groups in total. The molecule has 0 saturated carbocycles. The fourth-order valence-corrected chi connectivity index (χ4v) is 4.06. The number of hydrogen-bond donors (Lipinski definition) is 1. The van der Waals surface area contributed by atoms with Gasteiger partial charge in [-0.25, -0.2) is 12.7 Å². The van der Waals surface area contributed by atoms with Crippen LogP contribution in [0.25, 0.3) is 0 Å². The minimum atomic E-state index is -3.24. The summed E-state index contributed by atoms with van der Waals surface area (Å²) in [6, 6.07) is 0. The summed E-state index contributed by atoms with van der Waals surface area (Å²) in [5, 5.41) is 2.57. The Balaban J connectivity index is 2.33. The number of sulfonamides is 1. The molecule has 5 nitrogen and oxygen atoms in total. The van der Waals surface area contributed by atoms with Crippen molar-refractivity contribution < 1.29 is 13.2 Å². The lowest BCUT2D eigenvalue weighted by molar-refractivity contribution is -0.116. The molecule has 1 heterocycles. The van der Waals surface area contributed by atoms with Gasteiger partial charge in [0.1, 0.15) is 0 Å². The Hall–Kier alpha value is -0.790. The van der Waals surface area contributed by atoms with Gasteiger partial charge in [-0.15, -0.1) is 0 Å². The molecule has 0 spiro atoms. The van der Waals surface area contributed by atoms with E-state index in [1.54, 1.807) is 23.9 Å². The fourth-order valence-electron chi connectivity index (χ4n) is 1.57. The number of nitrogens with one attached hydrogen (secondary N) is 1. The molecule has 1 amide bonds. The lowest BCUT2D eigenvalue weighted by Crippen LogP contribution is -2.41. The van der Waals surface area contributed by atoms with Crippen molar-refractivity contribution in [2.24, 2.45) is 0 Å². The summed E-state index contributed by atoms with van der Waals surface area (Å²) in [4.78, 5) is 11.3. The summed E-state index contributed by atoms with van der Waals surface area (Å²) in [6.45, 7) is 3.14. The standard InChI is InChI=1S/C12H20N2O3S2/c1-2-3-4-5-12(15)13-6-11-19(16,17)14-7-9-18-10-8-14/h2-5H,6-11H2,1H3,(H,13,15). The van der Waals surface area contributed by atoms with Crippen molar-refractivity contribution in [1.82, 2.24) is 9.62 Å². The van der Waals surface area contributed by atoms with E-state index in [-0.39, 0.29) is 18.2 Å². The van der Waals surface area contributed by atoms with E-state index in [4.69, 9.17) is 0 Å². The monoisotopic (exact) mass is 304 g/mol. The largest absolute Gasteiger partial charge is 0.351 e. The Morgan fingerprint density at radius 2 is 2.00 bits per heavy atom. The second kappa shape index (κ2) is 8.39. The highest BCUT2D eigenvalue weighted by atomic mass is 32.2. The predicted molar refractivity (Wildman–Crippen MR) is 79.6 cm³/mol. The van der Waals surface area contributed by atoms with Crippen LogP contribution < -0.4 is 5.32 Å². The van der Waals surface area contributed by atoms with Gasteiger partial charge in [0.05, 0.1) is 5.75 Å². The fraction of sp³-hybridized carbons (Fsp3) is 0.583. The average molecular weight is 304 g/mol. The van der Waals surface area contributed by atoms with Crippen molar-refractivity contribution in [3.8, 4) is 0 Å². The average Bonchev–Trinajstić information content (AvgIpc) is 2.40. The van der Waals surface area contributed by atoms with Gasteiger partial charge in [-0.1, -0.05) is 18.2 Å². The third kappa shape index (κ3) is 6.26. The van der Waals surface area contributed by atoms with Crippen LogP contribution in [0.15, 0.2) is 24.3 Å². The highest BCUT2D eigenvalue weighted by Crippen LogP contribution is 2.12. The highest BCUT2D eigenvalue weighted by Gasteiger charge is 2.23. The zero-order valence-electron chi connectivity index (χ0n) is 11.0. The van der Waals surface area contributed by atoms with Crippen LogP contribution in [-0.2, 0) is 14.8 Å². The number of thioether (sulfide) groups is 1.